The van der Waals surface area contributed by atoms with Crippen molar-refractivity contribution in [1.82, 2.24) is 15.7 Å². The van der Waals surface area contributed by atoms with Gasteiger partial charge in [0.25, 0.3) is 5.91 Å². The minimum Gasteiger partial charge on any atom is -0.282 e. The number of aromatic nitrogens is 2. The Bertz CT molecular complexity index is 342. The first-order valence-corrected chi connectivity index (χ1v) is 5.23. The molecule has 1 fully saturated rings. The van der Waals surface area contributed by atoms with Gasteiger partial charge in [0.15, 0.2) is 0 Å². The second-order valence-corrected chi connectivity index (χ2v) is 3.86. The Kier molecular flexibility index (Phi) is 3.01. The molecule has 0 aromatic carbocycles. The van der Waals surface area contributed by atoms with E-state index in [1.807, 2.05) is 0 Å². The number of hydrogen-bond acceptors (Lipinski definition) is 3. The third-order valence-electron chi connectivity index (χ3n) is 2.70. The maximum absolute atomic E-state index is 11.6. The van der Waals surface area contributed by atoms with Crippen LogP contribution in [0.1, 0.15) is 41.7 Å². The molecule has 1 aromatic heterocycles. The van der Waals surface area contributed by atoms with Gasteiger partial charge in [-0.3, -0.25) is 14.7 Å². The van der Waals surface area contributed by atoms with Crippen LogP contribution in [0.5, 0.6) is 0 Å². The topological polar surface area (TPSA) is 67.0 Å². The van der Waals surface area contributed by atoms with Gasteiger partial charge < -0.3 is 0 Å². The Morgan fingerprint density at radius 1 is 1.60 bits per heavy atom. The van der Waals surface area contributed by atoms with Gasteiger partial charge in [0.1, 0.15) is 0 Å². The van der Waals surface area contributed by atoms with Crippen LogP contribution in [0.15, 0.2) is 6.20 Å². The van der Waals surface area contributed by atoms with Crippen LogP contribution >= 0.6 is 0 Å². The smallest absolute Gasteiger partial charge is 0.278 e. The third kappa shape index (κ3) is 2.36. The number of rotatable bonds is 3. The first-order chi connectivity index (χ1) is 7.27. The number of nitrogens with one attached hydrogen (secondary N) is 2. The average molecular weight is 209 g/mol. The van der Waals surface area contributed by atoms with E-state index in [-0.39, 0.29) is 12.0 Å². The highest BCUT2D eigenvalue weighted by Gasteiger charge is 2.18. The Labute approximate surface area is 88.2 Å². The molecule has 1 amide bonds. The van der Waals surface area contributed by atoms with Gasteiger partial charge in [0.2, 0.25) is 0 Å². The van der Waals surface area contributed by atoms with Gasteiger partial charge in [-0.15, -0.1) is 0 Å². The van der Waals surface area contributed by atoms with Crippen LogP contribution in [0.25, 0.3) is 0 Å². The van der Waals surface area contributed by atoms with E-state index >= 15 is 0 Å². The molecular weight excluding hydrogens is 194 g/mol. The van der Waals surface area contributed by atoms with Crippen LogP contribution in [0, 0.1) is 6.92 Å². The highest BCUT2D eigenvalue weighted by Crippen LogP contribution is 2.20. The molecule has 1 aromatic rings. The van der Waals surface area contributed by atoms with Gasteiger partial charge in [0.05, 0.1) is 17.9 Å². The average Bonchev–Trinajstić information content (AvgIpc) is 2.84. The van der Waals surface area contributed by atoms with Crippen molar-refractivity contribution in [2.24, 2.45) is 0 Å². The van der Waals surface area contributed by atoms with Crippen molar-refractivity contribution in [3.05, 3.63) is 17.5 Å². The molecule has 0 saturated heterocycles. The number of hydrogen-bond donors (Lipinski definition) is 2. The number of nitrogens with zero attached hydrogens (tertiary/aromatic N) is 1. The van der Waals surface area contributed by atoms with Crippen LogP contribution in [0.2, 0.25) is 0 Å². The normalized spacial score (nSPS) is 16.9. The Hall–Kier alpha value is -1.36. The zero-order chi connectivity index (χ0) is 10.7. The molecule has 15 heavy (non-hydrogen) atoms. The monoisotopic (exact) mass is 209 g/mol. The summed E-state index contributed by atoms with van der Waals surface area (Å²) in [5.41, 5.74) is 3.76. The molecule has 1 aliphatic carbocycles. The van der Waals surface area contributed by atoms with E-state index in [1.165, 1.54) is 19.0 Å². The molecule has 1 saturated carbocycles. The lowest BCUT2D eigenvalue weighted by atomic mass is 10.2. The lowest BCUT2D eigenvalue weighted by Gasteiger charge is -2.10. The summed E-state index contributed by atoms with van der Waals surface area (Å²) in [4.78, 5) is 16.9. The van der Waals surface area contributed by atoms with Crippen LogP contribution < -0.4 is 5.48 Å². The molecule has 0 bridgehead atoms. The van der Waals surface area contributed by atoms with E-state index in [0.29, 0.717) is 5.56 Å². The molecule has 1 heterocycles. The second-order valence-electron chi connectivity index (χ2n) is 3.86. The molecule has 5 heteroatoms. The molecule has 5 nitrogen and oxygen atoms in total. The molecule has 2 rings (SSSR count). The van der Waals surface area contributed by atoms with Crippen molar-refractivity contribution in [1.29, 1.82) is 0 Å². The maximum Gasteiger partial charge on any atom is 0.278 e. The lowest BCUT2D eigenvalue weighted by molar-refractivity contribution is -0.0125. The van der Waals surface area contributed by atoms with E-state index in [9.17, 15) is 4.79 Å². The molecule has 1 aliphatic rings. The van der Waals surface area contributed by atoms with Crippen molar-refractivity contribution in [2.75, 3.05) is 0 Å². The zero-order valence-corrected chi connectivity index (χ0v) is 8.75. The summed E-state index contributed by atoms with van der Waals surface area (Å²) >= 11 is 0. The van der Waals surface area contributed by atoms with Crippen molar-refractivity contribution in [2.45, 2.75) is 38.7 Å². The van der Waals surface area contributed by atoms with Crippen LogP contribution in [-0.4, -0.2) is 22.2 Å². The molecule has 2 N–H and O–H groups in total. The SMILES string of the molecule is Cc1[nH]ncc1C(=O)NOC1CCCC1. The number of aromatic amines is 1. The molecular formula is C10H15N3O2. The fraction of sp³-hybridized carbons (Fsp3) is 0.600. The number of carbonyl (C=O) groups is 1. The first-order valence-electron chi connectivity index (χ1n) is 5.23. The maximum atomic E-state index is 11.6. The molecule has 0 aliphatic heterocycles. The standard InChI is InChI=1S/C10H15N3O2/c1-7-9(6-11-12-7)10(14)13-15-8-4-2-3-5-8/h6,8H,2-5H2,1H3,(H,11,12)(H,13,14). The quantitative estimate of drug-likeness (QED) is 0.738. The molecule has 0 radical (unpaired) electrons. The highest BCUT2D eigenvalue weighted by atomic mass is 16.7. The Morgan fingerprint density at radius 2 is 2.33 bits per heavy atom. The summed E-state index contributed by atoms with van der Waals surface area (Å²) < 4.78 is 0. The fourth-order valence-corrected chi connectivity index (χ4v) is 1.78. The predicted octanol–water partition coefficient (Wildman–Crippen LogP) is 1.32. The summed E-state index contributed by atoms with van der Waals surface area (Å²) in [6.07, 6.45) is 6.12. The van der Waals surface area contributed by atoms with E-state index in [1.54, 1.807) is 6.92 Å². The van der Waals surface area contributed by atoms with E-state index in [0.717, 1.165) is 18.5 Å². The third-order valence-corrected chi connectivity index (χ3v) is 2.70. The van der Waals surface area contributed by atoms with Gasteiger partial charge in [-0.2, -0.15) is 5.10 Å². The van der Waals surface area contributed by atoms with Crippen molar-refractivity contribution >= 4 is 5.91 Å². The van der Waals surface area contributed by atoms with Crippen LogP contribution in [-0.2, 0) is 4.84 Å². The lowest BCUT2D eigenvalue weighted by Crippen LogP contribution is -2.28. The van der Waals surface area contributed by atoms with Crippen molar-refractivity contribution < 1.29 is 9.63 Å². The zero-order valence-electron chi connectivity index (χ0n) is 8.75. The number of H-pyrrole nitrogens is 1. The van der Waals surface area contributed by atoms with E-state index in [2.05, 4.69) is 15.7 Å². The predicted molar refractivity (Wildman–Crippen MR) is 54.1 cm³/mol. The van der Waals surface area contributed by atoms with E-state index in [4.69, 9.17) is 4.84 Å². The number of hydroxylamine groups is 1. The van der Waals surface area contributed by atoms with Crippen molar-refractivity contribution in [3.8, 4) is 0 Å². The summed E-state index contributed by atoms with van der Waals surface area (Å²) in [5, 5.41) is 6.49. The van der Waals surface area contributed by atoms with Crippen LogP contribution in [0.3, 0.4) is 0 Å². The molecule has 82 valence electrons. The van der Waals surface area contributed by atoms with Crippen LogP contribution in [0.4, 0.5) is 0 Å². The summed E-state index contributed by atoms with van der Waals surface area (Å²) in [5.74, 6) is -0.229. The summed E-state index contributed by atoms with van der Waals surface area (Å²) in [6.45, 7) is 1.80. The van der Waals surface area contributed by atoms with E-state index < -0.39 is 0 Å². The minimum atomic E-state index is -0.229. The van der Waals surface area contributed by atoms with Gasteiger partial charge in [0, 0.05) is 5.69 Å². The van der Waals surface area contributed by atoms with Gasteiger partial charge >= 0.3 is 0 Å². The molecule has 0 atom stereocenters. The first kappa shape index (κ1) is 10.2. The van der Waals surface area contributed by atoms with Gasteiger partial charge in [-0.1, -0.05) is 12.8 Å². The minimum absolute atomic E-state index is 0.182. The molecule has 0 unspecified atom stereocenters. The van der Waals surface area contributed by atoms with Gasteiger partial charge in [-0.05, 0) is 19.8 Å². The number of aryl methyl sites for hydroxylation is 1. The van der Waals surface area contributed by atoms with Crippen molar-refractivity contribution in [3.63, 3.8) is 0 Å². The second kappa shape index (κ2) is 4.44. The summed E-state index contributed by atoms with van der Waals surface area (Å²) in [6, 6.07) is 0. The Morgan fingerprint density at radius 3 is 2.93 bits per heavy atom. The fourth-order valence-electron chi connectivity index (χ4n) is 1.78. The summed E-state index contributed by atoms with van der Waals surface area (Å²) in [7, 11) is 0. The van der Waals surface area contributed by atoms with Gasteiger partial charge in [-0.25, -0.2) is 5.48 Å². The Balaban J connectivity index is 1.84. The largest absolute Gasteiger partial charge is 0.282 e. The number of amides is 1. The number of carbonyl (C=O) groups excluding carboxylic acids is 1. The highest BCUT2D eigenvalue weighted by molar-refractivity contribution is 5.94. The molecule has 0 spiro atoms.